The van der Waals surface area contributed by atoms with Gasteiger partial charge in [-0.3, -0.25) is 4.79 Å². The van der Waals surface area contributed by atoms with Crippen LogP contribution in [0.2, 0.25) is 5.02 Å². The van der Waals surface area contributed by atoms with Crippen LogP contribution in [0.5, 0.6) is 0 Å². The molecule has 0 aromatic heterocycles. The number of nitrogens with one attached hydrogen (secondary N) is 1. The van der Waals surface area contributed by atoms with Crippen LogP contribution in [0.3, 0.4) is 0 Å². The van der Waals surface area contributed by atoms with Crippen molar-refractivity contribution in [2.45, 2.75) is 37.5 Å². The predicted molar refractivity (Wildman–Crippen MR) is 82.9 cm³/mol. The molecule has 3 N–H and O–H groups in total. The Kier molecular flexibility index (Phi) is 4.99. The number of thioether (sulfide) groups is 1. The lowest BCUT2D eigenvalue weighted by Crippen LogP contribution is -2.33. The summed E-state index contributed by atoms with van der Waals surface area (Å²) in [5.74, 6) is 1.01. The van der Waals surface area contributed by atoms with Gasteiger partial charge in [0.1, 0.15) is 0 Å². The number of nitrogen functional groups attached to an aromatic ring is 1. The molecule has 1 aromatic rings. The van der Waals surface area contributed by atoms with Gasteiger partial charge < -0.3 is 11.1 Å². The second-order valence-electron chi connectivity index (χ2n) is 4.79. The first-order valence-corrected chi connectivity index (χ1v) is 8.00. The van der Waals surface area contributed by atoms with Gasteiger partial charge >= 0.3 is 0 Å². The fourth-order valence-electron chi connectivity index (χ4n) is 2.45. The Morgan fingerprint density at radius 1 is 1.53 bits per heavy atom. The van der Waals surface area contributed by atoms with E-state index in [9.17, 15) is 4.79 Å². The first kappa shape index (κ1) is 14.5. The van der Waals surface area contributed by atoms with Crippen molar-refractivity contribution in [2.75, 3.05) is 11.5 Å². The largest absolute Gasteiger partial charge is 0.398 e. The number of nitrogens with two attached hydrogens (primary N) is 1. The molecule has 0 bridgehead atoms. The summed E-state index contributed by atoms with van der Waals surface area (Å²) < 4.78 is 0. The Morgan fingerprint density at radius 2 is 2.32 bits per heavy atom. The number of carbonyl (C=O) groups is 1. The van der Waals surface area contributed by atoms with Gasteiger partial charge in [-0.15, -0.1) is 0 Å². The van der Waals surface area contributed by atoms with E-state index in [1.807, 2.05) is 11.8 Å². The molecule has 2 atom stereocenters. The van der Waals surface area contributed by atoms with E-state index >= 15 is 0 Å². The molecule has 0 spiro atoms. The number of amides is 1. The van der Waals surface area contributed by atoms with E-state index in [4.69, 9.17) is 17.3 Å². The summed E-state index contributed by atoms with van der Waals surface area (Å²) in [6, 6.07) is 5.24. The Bertz CT molecular complexity index is 467. The van der Waals surface area contributed by atoms with E-state index in [1.165, 1.54) is 6.42 Å². The van der Waals surface area contributed by atoms with Crippen molar-refractivity contribution in [3.63, 3.8) is 0 Å². The molecule has 3 nitrogen and oxygen atoms in total. The van der Waals surface area contributed by atoms with Gasteiger partial charge in [-0.05, 0) is 43.2 Å². The summed E-state index contributed by atoms with van der Waals surface area (Å²) in [7, 11) is 0. The number of hydrogen-bond acceptors (Lipinski definition) is 3. The third kappa shape index (κ3) is 3.80. The zero-order valence-corrected chi connectivity index (χ0v) is 12.6. The maximum atomic E-state index is 12.2. The number of halogens is 1. The topological polar surface area (TPSA) is 55.1 Å². The molecular weight excluding hydrogens is 280 g/mol. The Morgan fingerprint density at radius 3 is 3.05 bits per heavy atom. The van der Waals surface area contributed by atoms with Crippen molar-refractivity contribution in [3.05, 3.63) is 28.8 Å². The van der Waals surface area contributed by atoms with Crippen molar-refractivity contribution in [1.82, 2.24) is 5.32 Å². The fourth-order valence-corrected chi connectivity index (χ4v) is 3.76. The lowest BCUT2D eigenvalue weighted by Gasteiger charge is -2.14. The maximum Gasteiger partial charge on any atom is 0.253 e. The minimum Gasteiger partial charge on any atom is -0.398 e. The van der Waals surface area contributed by atoms with Crippen LogP contribution < -0.4 is 11.1 Å². The van der Waals surface area contributed by atoms with Crippen molar-refractivity contribution in [3.8, 4) is 0 Å². The lowest BCUT2D eigenvalue weighted by molar-refractivity contribution is 0.0939. The Labute approximate surface area is 123 Å². The van der Waals surface area contributed by atoms with Gasteiger partial charge in [0.25, 0.3) is 5.91 Å². The zero-order valence-electron chi connectivity index (χ0n) is 11.0. The van der Waals surface area contributed by atoms with Crippen LogP contribution >= 0.6 is 23.4 Å². The third-order valence-corrected chi connectivity index (χ3v) is 4.85. The average molecular weight is 299 g/mol. The molecule has 1 aliphatic carbocycles. The molecule has 1 amide bonds. The van der Waals surface area contributed by atoms with Gasteiger partial charge in [-0.25, -0.2) is 0 Å². The highest BCUT2D eigenvalue weighted by molar-refractivity contribution is 7.99. The number of rotatable bonds is 4. The van der Waals surface area contributed by atoms with Gasteiger partial charge in [0, 0.05) is 22.0 Å². The highest BCUT2D eigenvalue weighted by Crippen LogP contribution is 2.30. The van der Waals surface area contributed by atoms with Crippen LogP contribution in [-0.2, 0) is 0 Å². The van der Waals surface area contributed by atoms with E-state index in [0.717, 1.165) is 18.6 Å². The predicted octanol–water partition coefficient (Wildman–Crippen LogP) is 3.33. The zero-order chi connectivity index (χ0) is 13.8. The molecule has 0 radical (unpaired) electrons. The molecule has 1 aliphatic rings. The second kappa shape index (κ2) is 6.53. The number of carbonyl (C=O) groups excluding carboxylic acids is 1. The molecule has 104 valence electrons. The third-order valence-electron chi connectivity index (χ3n) is 3.38. The first-order chi connectivity index (χ1) is 9.10. The van der Waals surface area contributed by atoms with Crippen LogP contribution in [0, 0.1) is 0 Å². The minimum absolute atomic E-state index is 0.118. The van der Waals surface area contributed by atoms with Gasteiger partial charge in [0.2, 0.25) is 0 Å². The van der Waals surface area contributed by atoms with Crippen molar-refractivity contribution >= 4 is 35.0 Å². The lowest BCUT2D eigenvalue weighted by atomic mass is 10.1. The average Bonchev–Trinajstić information content (AvgIpc) is 2.80. The quantitative estimate of drug-likeness (QED) is 0.838. The summed E-state index contributed by atoms with van der Waals surface area (Å²) in [6.45, 7) is 2.17. The molecule has 2 unspecified atom stereocenters. The smallest absolute Gasteiger partial charge is 0.253 e. The van der Waals surface area contributed by atoms with Gasteiger partial charge in [-0.2, -0.15) is 11.8 Å². The molecule has 19 heavy (non-hydrogen) atoms. The van der Waals surface area contributed by atoms with E-state index in [0.29, 0.717) is 21.5 Å². The summed E-state index contributed by atoms with van der Waals surface area (Å²) >= 11 is 7.88. The first-order valence-electron chi connectivity index (χ1n) is 6.57. The van der Waals surface area contributed by atoms with E-state index < -0.39 is 0 Å². The molecule has 0 heterocycles. The van der Waals surface area contributed by atoms with E-state index in [-0.39, 0.29) is 11.9 Å². The molecule has 1 fully saturated rings. The fraction of sp³-hybridized carbons (Fsp3) is 0.500. The second-order valence-corrected chi connectivity index (χ2v) is 6.81. The van der Waals surface area contributed by atoms with Crippen LogP contribution in [0.1, 0.15) is 36.5 Å². The van der Waals surface area contributed by atoms with E-state index in [1.54, 1.807) is 18.2 Å². The highest BCUT2D eigenvalue weighted by atomic mass is 35.5. The van der Waals surface area contributed by atoms with Crippen LogP contribution in [0.4, 0.5) is 5.69 Å². The number of anilines is 1. The van der Waals surface area contributed by atoms with Gasteiger partial charge in [0.15, 0.2) is 0 Å². The Hall–Kier alpha value is -0.870. The van der Waals surface area contributed by atoms with Crippen molar-refractivity contribution < 1.29 is 4.79 Å². The van der Waals surface area contributed by atoms with Crippen LogP contribution in [0.25, 0.3) is 0 Å². The summed E-state index contributed by atoms with van der Waals surface area (Å²) in [4.78, 5) is 12.2. The SMILES string of the molecule is CCSC1CCC(NC(=O)c2cc(Cl)ccc2N)C1. The van der Waals surface area contributed by atoms with Gasteiger partial charge in [-0.1, -0.05) is 18.5 Å². The monoisotopic (exact) mass is 298 g/mol. The normalized spacial score (nSPS) is 22.4. The molecule has 0 saturated heterocycles. The van der Waals surface area contributed by atoms with E-state index in [2.05, 4.69) is 12.2 Å². The van der Waals surface area contributed by atoms with Crippen molar-refractivity contribution in [2.24, 2.45) is 0 Å². The molecule has 0 aliphatic heterocycles. The molecule has 5 heteroatoms. The maximum absolute atomic E-state index is 12.2. The minimum atomic E-state index is -0.118. The summed E-state index contributed by atoms with van der Waals surface area (Å²) in [5.41, 5.74) is 6.76. The van der Waals surface area contributed by atoms with Crippen LogP contribution in [-0.4, -0.2) is 23.0 Å². The van der Waals surface area contributed by atoms with Crippen LogP contribution in [0.15, 0.2) is 18.2 Å². The Balaban J connectivity index is 1.96. The van der Waals surface area contributed by atoms with Crippen molar-refractivity contribution in [1.29, 1.82) is 0 Å². The number of benzene rings is 1. The number of hydrogen-bond donors (Lipinski definition) is 2. The highest BCUT2D eigenvalue weighted by Gasteiger charge is 2.26. The summed E-state index contributed by atoms with van der Waals surface area (Å²) in [6.07, 6.45) is 3.27. The molecule has 1 saturated carbocycles. The van der Waals surface area contributed by atoms with Gasteiger partial charge in [0.05, 0.1) is 5.56 Å². The molecule has 1 aromatic carbocycles. The summed E-state index contributed by atoms with van der Waals surface area (Å²) in [5, 5.41) is 4.27. The standard InChI is InChI=1S/C14H19ClN2OS/c1-2-19-11-5-4-10(8-11)17-14(18)12-7-9(15)3-6-13(12)16/h3,6-7,10-11H,2,4-5,8,16H2,1H3,(H,17,18). The molecule has 2 rings (SSSR count). The molecular formula is C14H19ClN2OS.